The van der Waals surface area contributed by atoms with Gasteiger partial charge in [-0.25, -0.2) is 0 Å². The van der Waals surface area contributed by atoms with Crippen LogP contribution in [0.2, 0.25) is 0 Å². The smallest absolute Gasteiger partial charge is 0.255 e. The van der Waals surface area contributed by atoms with Crippen molar-refractivity contribution < 1.29 is 14.6 Å². The summed E-state index contributed by atoms with van der Waals surface area (Å²) >= 11 is 0. The van der Waals surface area contributed by atoms with Gasteiger partial charge in [-0.2, -0.15) is 0 Å². The molecule has 5 heteroatoms. The number of hydrogen-bond acceptors (Lipinski definition) is 4. The van der Waals surface area contributed by atoms with E-state index in [4.69, 9.17) is 4.74 Å². The van der Waals surface area contributed by atoms with Gasteiger partial charge in [0.05, 0.1) is 18.3 Å². The average Bonchev–Trinajstić information content (AvgIpc) is 2.45. The second kappa shape index (κ2) is 6.54. The number of phenols is 1. The zero-order valence-electron chi connectivity index (χ0n) is 11.1. The highest BCUT2D eigenvalue weighted by Gasteiger charge is 2.20. The van der Waals surface area contributed by atoms with Crippen LogP contribution < -0.4 is 5.32 Å². The van der Waals surface area contributed by atoms with Gasteiger partial charge in [-0.15, -0.1) is 0 Å². The summed E-state index contributed by atoms with van der Waals surface area (Å²) in [7, 11) is 0. The second-order valence-corrected chi connectivity index (χ2v) is 4.61. The number of benzene rings is 1. The summed E-state index contributed by atoms with van der Waals surface area (Å²) in [5.74, 6) is -0.268. The highest BCUT2D eigenvalue weighted by Crippen LogP contribution is 2.15. The van der Waals surface area contributed by atoms with E-state index in [1.54, 1.807) is 18.2 Å². The Hall–Kier alpha value is -1.59. The molecule has 1 heterocycles. The van der Waals surface area contributed by atoms with E-state index in [9.17, 15) is 9.90 Å². The van der Waals surface area contributed by atoms with Crippen molar-refractivity contribution in [2.45, 2.75) is 13.0 Å². The Morgan fingerprint density at radius 2 is 2.32 bits per heavy atom. The molecule has 1 amide bonds. The first-order valence-electron chi connectivity index (χ1n) is 6.61. The molecule has 1 aromatic rings. The zero-order valence-corrected chi connectivity index (χ0v) is 11.1. The lowest BCUT2D eigenvalue weighted by Gasteiger charge is -2.32. The average molecular weight is 264 g/mol. The topological polar surface area (TPSA) is 61.8 Å². The summed E-state index contributed by atoms with van der Waals surface area (Å²) in [5, 5.41) is 12.4. The van der Waals surface area contributed by atoms with E-state index < -0.39 is 0 Å². The van der Waals surface area contributed by atoms with E-state index in [1.165, 1.54) is 6.07 Å². The molecule has 1 aromatic carbocycles. The molecule has 0 aliphatic carbocycles. The number of hydrogen-bond donors (Lipinski definition) is 2. The quantitative estimate of drug-likeness (QED) is 0.846. The van der Waals surface area contributed by atoms with Crippen molar-refractivity contribution in [2.24, 2.45) is 0 Å². The lowest BCUT2D eigenvalue weighted by atomic mass is 10.2. The van der Waals surface area contributed by atoms with E-state index in [0.29, 0.717) is 18.7 Å². The third-order valence-corrected chi connectivity index (χ3v) is 3.31. The standard InChI is InChI=1S/C14H20N2O3/c1-2-16-7-8-19-11(10-16)9-15-14(18)12-5-3-4-6-13(12)17/h3-6,11,17H,2,7-10H2,1H3,(H,15,18). The van der Waals surface area contributed by atoms with Crippen molar-refractivity contribution in [3.05, 3.63) is 29.8 Å². The first-order valence-corrected chi connectivity index (χ1v) is 6.61. The minimum atomic E-state index is -0.268. The maximum absolute atomic E-state index is 11.9. The molecule has 1 fully saturated rings. The highest BCUT2D eigenvalue weighted by atomic mass is 16.5. The number of aromatic hydroxyl groups is 1. The van der Waals surface area contributed by atoms with E-state index in [-0.39, 0.29) is 17.8 Å². The molecular formula is C14H20N2O3. The maximum atomic E-state index is 11.9. The molecular weight excluding hydrogens is 244 g/mol. The SMILES string of the molecule is CCN1CCOC(CNC(=O)c2ccccc2O)C1. The van der Waals surface area contributed by atoms with Crippen molar-refractivity contribution in [3.63, 3.8) is 0 Å². The molecule has 0 radical (unpaired) electrons. The summed E-state index contributed by atoms with van der Waals surface area (Å²) in [5.41, 5.74) is 0.297. The number of phenolic OH excluding ortho intramolecular Hbond substituents is 1. The summed E-state index contributed by atoms with van der Waals surface area (Å²) in [6.45, 7) is 6.04. The van der Waals surface area contributed by atoms with E-state index in [1.807, 2.05) is 0 Å². The molecule has 0 saturated carbocycles. The molecule has 0 bridgehead atoms. The van der Waals surface area contributed by atoms with Crippen molar-refractivity contribution in [3.8, 4) is 5.75 Å². The minimum Gasteiger partial charge on any atom is -0.507 e. The van der Waals surface area contributed by atoms with Crippen LogP contribution >= 0.6 is 0 Å². The summed E-state index contributed by atoms with van der Waals surface area (Å²) in [6.07, 6.45) is 0.0171. The fourth-order valence-corrected chi connectivity index (χ4v) is 2.16. The fourth-order valence-electron chi connectivity index (χ4n) is 2.16. The summed E-state index contributed by atoms with van der Waals surface area (Å²) in [6, 6.07) is 6.52. The zero-order chi connectivity index (χ0) is 13.7. The molecule has 5 nitrogen and oxygen atoms in total. The predicted octanol–water partition coefficient (Wildman–Crippen LogP) is 0.843. The molecule has 0 aromatic heterocycles. The molecule has 1 atom stereocenters. The molecule has 1 unspecified atom stereocenters. The summed E-state index contributed by atoms with van der Waals surface area (Å²) < 4.78 is 5.61. The van der Waals surface area contributed by atoms with Gasteiger partial charge in [-0.05, 0) is 18.7 Å². The third kappa shape index (κ3) is 3.68. The normalized spacial score (nSPS) is 20.2. The Balaban J connectivity index is 1.85. The van der Waals surface area contributed by atoms with Crippen molar-refractivity contribution >= 4 is 5.91 Å². The van der Waals surface area contributed by atoms with Crippen LogP contribution in [-0.4, -0.2) is 54.8 Å². The first kappa shape index (κ1) is 13.8. The molecule has 2 rings (SSSR count). The van der Waals surface area contributed by atoms with Gasteiger partial charge in [-0.3, -0.25) is 9.69 Å². The van der Waals surface area contributed by atoms with Crippen LogP contribution in [0.15, 0.2) is 24.3 Å². The Morgan fingerprint density at radius 1 is 1.53 bits per heavy atom. The van der Waals surface area contributed by atoms with Gasteiger partial charge < -0.3 is 15.2 Å². The summed E-state index contributed by atoms with van der Waals surface area (Å²) in [4.78, 5) is 14.2. The van der Waals surface area contributed by atoms with Gasteiger partial charge >= 0.3 is 0 Å². The number of carbonyl (C=O) groups excluding carboxylic acids is 1. The number of rotatable bonds is 4. The van der Waals surface area contributed by atoms with Gasteiger partial charge in [0, 0.05) is 19.6 Å². The van der Waals surface area contributed by atoms with E-state index in [2.05, 4.69) is 17.1 Å². The largest absolute Gasteiger partial charge is 0.507 e. The number of carbonyl (C=O) groups is 1. The molecule has 1 aliphatic rings. The lowest BCUT2D eigenvalue weighted by molar-refractivity contribution is -0.0246. The number of ether oxygens (including phenoxy) is 1. The molecule has 2 N–H and O–H groups in total. The van der Waals surface area contributed by atoms with Crippen molar-refractivity contribution in [1.82, 2.24) is 10.2 Å². The van der Waals surface area contributed by atoms with Crippen LogP contribution in [0.3, 0.4) is 0 Å². The lowest BCUT2D eigenvalue weighted by Crippen LogP contribution is -2.47. The minimum absolute atomic E-state index is 0.000234. The van der Waals surface area contributed by atoms with Gasteiger partial charge in [-0.1, -0.05) is 19.1 Å². The Kier molecular flexibility index (Phi) is 4.76. The van der Waals surface area contributed by atoms with E-state index >= 15 is 0 Å². The molecule has 19 heavy (non-hydrogen) atoms. The molecule has 1 saturated heterocycles. The predicted molar refractivity (Wildman–Crippen MR) is 72.3 cm³/mol. The van der Waals surface area contributed by atoms with Gasteiger partial charge in [0.1, 0.15) is 5.75 Å². The second-order valence-electron chi connectivity index (χ2n) is 4.61. The van der Waals surface area contributed by atoms with Gasteiger partial charge in [0.15, 0.2) is 0 Å². The van der Waals surface area contributed by atoms with Crippen LogP contribution in [0.4, 0.5) is 0 Å². The maximum Gasteiger partial charge on any atom is 0.255 e. The number of nitrogens with zero attached hydrogens (tertiary/aromatic N) is 1. The number of morpholine rings is 1. The van der Waals surface area contributed by atoms with Crippen LogP contribution in [0.1, 0.15) is 17.3 Å². The number of nitrogens with one attached hydrogen (secondary N) is 1. The van der Waals surface area contributed by atoms with Crippen LogP contribution in [0, 0.1) is 0 Å². The third-order valence-electron chi connectivity index (χ3n) is 3.31. The first-order chi connectivity index (χ1) is 9.20. The van der Waals surface area contributed by atoms with Crippen LogP contribution in [-0.2, 0) is 4.74 Å². The Morgan fingerprint density at radius 3 is 3.05 bits per heavy atom. The van der Waals surface area contributed by atoms with Crippen LogP contribution in [0.25, 0.3) is 0 Å². The Bertz CT molecular complexity index is 436. The fraction of sp³-hybridized carbons (Fsp3) is 0.500. The molecule has 0 spiro atoms. The number of amides is 1. The highest BCUT2D eigenvalue weighted by molar-refractivity contribution is 5.96. The Labute approximate surface area is 113 Å². The molecule has 104 valence electrons. The number of likely N-dealkylation sites (N-methyl/N-ethyl adjacent to an activating group) is 1. The van der Waals surface area contributed by atoms with Gasteiger partial charge in [0.25, 0.3) is 5.91 Å². The van der Waals surface area contributed by atoms with Crippen molar-refractivity contribution in [2.75, 3.05) is 32.8 Å². The van der Waals surface area contributed by atoms with Crippen molar-refractivity contribution in [1.29, 1.82) is 0 Å². The van der Waals surface area contributed by atoms with Crippen LogP contribution in [0.5, 0.6) is 5.75 Å². The molecule has 1 aliphatic heterocycles. The number of para-hydroxylation sites is 1. The monoisotopic (exact) mass is 264 g/mol. The van der Waals surface area contributed by atoms with E-state index in [0.717, 1.165) is 19.6 Å². The van der Waals surface area contributed by atoms with Gasteiger partial charge in [0.2, 0.25) is 0 Å².